The van der Waals surface area contributed by atoms with E-state index >= 15 is 0 Å². The van der Waals surface area contributed by atoms with Crippen LogP contribution in [0.3, 0.4) is 0 Å². The second kappa shape index (κ2) is 11.3. The number of benzene rings is 1. The SMILES string of the molecule is COC(=O)C1=C(O[Si](C)(C)C(C)(C)C)[C@H](OC)[C@@H](O[Si](C)(C)C(C)(C)C)[C@]1(C)COCc1ccccc1. The summed E-state index contributed by atoms with van der Waals surface area (Å²) >= 11 is 0. The van der Waals surface area contributed by atoms with Crippen LogP contribution in [0, 0.1) is 5.41 Å². The number of carbonyl (C=O) groups excluding carboxylic acids is 1. The van der Waals surface area contributed by atoms with Gasteiger partial charge < -0.3 is 23.1 Å². The van der Waals surface area contributed by atoms with Crippen molar-refractivity contribution in [2.24, 2.45) is 5.41 Å². The highest BCUT2D eigenvalue weighted by Gasteiger charge is 2.60. The Morgan fingerprint density at radius 3 is 1.92 bits per heavy atom. The van der Waals surface area contributed by atoms with Gasteiger partial charge in [0.2, 0.25) is 8.32 Å². The summed E-state index contributed by atoms with van der Waals surface area (Å²) in [7, 11) is -1.54. The third kappa shape index (κ3) is 6.76. The van der Waals surface area contributed by atoms with E-state index in [0.717, 1.165) is 5.56 Å². The number of hydrogen-bond acceptors (Lipinski definition) is 6. The van der Waals surface area contributed by atoms with Crippen LogP contribution in [0.5, 0.6) is 0 Å². The van der Waals surface area contributed by atoms with Crippen LogP contribution in [0.25, 0.3) is 0 Å². The molecule has 3 atom stereocenters. The standard InChI is InChI=1S/C29H50O6Si2/c1-27(2,3)36(10,11)34-23-22(26(30)32-9)29(7,20-33-19-21-17-15-14-16-18-21)25(24(23)31-8)35-37(12,13)28(4,5)6/h14-18,24-25H,19-20H2,1-13H3/t24-,25+,29+/m0/s1. The smallest absolute Gasteiger partial charge is 0.337 e. The molecular weight excluding hydrogens is 500 g/mol. The minimum atomic E-state index is -2.33. The van der Waals surface area contributed by atoms with Gasteiger partial charge in [0.1, 0.15) is 11.9 Å². The van der Waals surface area contributed by atoms with Crippen molar-refractivity contribution >= 4 is 22.6 Å². The van der Waals surface area contributed by atoms with Crippen molar-refractivity contribution < 1.29 is 27.9 Å². The van der Waals surface area contributed by atoms with E-state index in [1.54, 1.807) is 7.11 Å². The maximum absolute atomic E-state index is 13.5. The maximum atomic E-state index is 13.5. The zero-order valence-electron chi connectivity index (χ0n) is 25.4. The first-order valence-corrected chi connectivity index (χ1v) is 19.0. The van der Waals surface area contributed by atoms with Crippen LogP contribution >= 0.6 is 0 Å². The summed E-state index contributed by atoms with van der Waals surface area (Å²) in [5.41, 5.74) is 0.689. The average molecular weight is 551 g/mol. The third-order valence-electron chi connectivity index (χ3n) is 8.53. The molecule has 0 unspecified atom stereocenters. The van der Waals surface area contributed by atoms with Gasteiger partial charge in [-0.25, -0.2) is 4.79 Å². The van der Waals surface area contributed by atoms with Crippen molar-refractivity contribution in [3.8, 4) is 0 Å². The molecule has 2 rings (SSSR count). The van der Waals surface area contributed by atoms with E-state index in [1.165, 1.54) is 7.11 Å². The van der Waals surface area contributed by atoms with E-state index in [4.69, 9.17) is 23.1 Å². The number of hydrogen-bond donors (Lipinski definition) is 0. The van der Waals surface area contributed by atoms with E-state index in [9.17, 15) is 4.79 Å². The first-order chi connectivity index (χ1) is 16.8. The summed E-state index contributed by atoms with van der Waals surface area (Å²) in [6, 6.07) is 10.0. The molecule has 1 aliphatic carbocycles. The van der Waals surface area contributed by atoms with Gasteiger partial charge in [0, 0.05) is 7.11 Å². The molecule has 0 aromatic heterocycles. The van der Waals surface area contributed by atoms with Crippen LogP contribution in [0.15, 0.2) is 41.7 Å². The molecule has 0 amide bonds. The summed E-state index contributed by atoms with van der Waals surface area (Å²) in [5, 5.41) is -0.107. The minimum absolute atomic E-state index is 0.0361. The van der Waals surface area contributed by atoms with Gasteiger partial charge in [0.25, 0.3) is 0 Å². The van der Waals surface area contributed by atoms with Gasteiger partial charge in [0.15, 0.2) is 8.32 Å². The van der Waals surface area contributed by atoms with Crippen LogP contribution in [-0.2, 0) is 34.5 Å². The Bertz CT molecular complexity index is 959. The van der Waals surface area contributed by atoms with Crippen LogP contribution in [0.2, 0.25) is 36.3 Å². The van der Waals surface area contributed by atoms with Crippen molar-refractivity contribution in [2.75, 3.05) is 20.8 Å². The Morgan fingerprint density at radius 1 is 0.919 bits per heavy atom. The first-order valence-electron chi connectivity index (χ1n) is 13.2. The average Bonchev–Trinajstić information content (AvgIpc) is 2.98. The minimum Gasteiger partial charge on any atom is -0.544 e. The number of methoxy groups -OCH3 is 2. The predicted molar refractivity (Wildman–Crippen MR) is 154 cm³/mol. The molecule has 1 aromatic rings. The highest BCUT2D eigenvalue weighted by atomic mass is 28.4. The molecular formula is C29H50O6Si2. The van der Waals surface area contributed by atoms with Crippen LogP contribution in [-0.4, -0.2) is 55.6 Å². The normalized spacial score (nSPS) is 23.4. The van der Waals surface area contributed by atoms with Crippen molar-refractivity contribution in [1.82, 2.24) is 0 Å². The second-order valence-electron chi connectivity index (χ2n) is 13.4. The Hall–Kier alpha value is -1.46. The lowest BCUT2D eigenvalue weighted by atomic mass is 9.81. The fourth-order valence-electron chi connectivity index (χ4n) is 4.04. The molecule has 210 valence electrons. The van der Waals surface area contributed by atoms with Gasteiger partial charge >= 0.3 is 5.97 Å². The Balaban J connectivity index is 2.65. The van der Waals surface area contributed by atoms with Crippen LogP contribution in [0.4, 0.5) is 0 Å². The largest absolute Gasteiger partial charge is 0.544 e. The van der Waals surface area contributed by atoms with E-state index in [0.29, 0.717) is 17.9 Å². The zero-order valence-corrected chi connectivity index (χ0v) is 27.4. The Labute approximate surface area is 227 Å². The van der Waals surface area contributed by atoms with Gasteiger partial charge in [-0.1, -0.05) is 78.8 Å². The zero-order chi connectivity index (χ0) is 28.4. The van der Waals surface area contributed by atoms with Crippen LogP contribution < -0.4 is 0 Å². The molecule has 0 heterocycles. The van der Waals surface area contributed by atoms with Gasteiger partial charge in [-0.15, -0.1) is 0 Å². The lowest BCUT2D eigenvalue weighted by Crippen LogP contribution is -2.53. The molecule has 0 saturated heterocycles. The van der Waals surface area contributed by atoms with Crippen molar-refractivity contribution in [2.45, 2.75) is 104 Å². The van der Waals surface area contributed by atoms with E-state index < -0.39 is 40.2 Å². The highest BCUT2D eigenvalue weighted by Crippen LogP contribution is 2.52. The molecule has 0 aliphatic heterocycles. The number of rotatable bonds is 10. The van der Waals surface area contributed by atoms with Gasteiger partial charge in [-0.2, -0.15) is 0 Å². The molecule has 0 N–H and O–H groups in total. The fourth-order valence-corrected chi connectivity index (χ4v) is 6.48. The lowest BCUT2D eigenvalue weighted by molar-refractivity contribution is -0.139. The Morgan fingerprint density at radius 2 is 1.46 bits per heavy atom. The molecule has 8 heteroatoms. The van der Waals surface area contributed by atoms with E-state index in [1.807, 2.05) is 37.3 Å². The molecule has 37 heavy (non-hydrogen) atoms. The molecule has 0 fully saturated rings. The fraction of sp³-hybridized carbons (Fsp3) is 0.690. The quantitative estimate of drug-likeness (QED) is 0.229. The van der Waals surface area contributed by atoms with Gasteiger partial charge in [0.05, 0.1) is 37.4 Å². The van der Waals surface area contributed by atoms with Crippen molar-refractivity contribution in [1.29, 1.82) is 0 Å². The summed E-state index contributed by atoms with van der Waals surface area (Å²) in [5.74, 6) is 0.110. The van der Waals surface area contributed by atoms with E-state index in [-0.39, 0.29) is 16.7 Å². The number of carbonyl (C=O) groups is 1. The summed E-state index contributed by atoms with van der Waals surface area (Å²) in [6.45, 7) is 24.7. The van der Waals surface area contributed by atoms with E-state index in [2.05, 4.69) is 67.7 Å². The lowest BCUT2D eigenvalue weighted by Gasteiger charge is -2.44. The monoisotopic (exact) mass is 550 g/mol. The molecule has 0 bridgehead atoms. The summed E-state index contributed by atoms with van der Waals surface area (Å²) in [4.78, 5) is 13.5. The van der Waals surface area contributed by atoms with Crippen molar-refractivity contribution in [3.63, 3.8) is 0 Å². The molecule has 6 nitrogen and oxygen atoms in total. The predicted octanol–water partition coefficient (Wildman–Crippen LogP) is 7.08. The summed E-state index contributed by atoms with van der Waals surface area (Å²) in [6.07, 6.45) is -1.02. The summed E-state index contributed by atoms with van der Waals surface area (Å²) < 4.78 is 31.7. The van der Waals surface area contributed by atoms with Gasteiger partial charge in [-0.05, 0) is 41.8 Å². The molecule has 0 saturated carbocycles. The third-order valence-corrected chi connectivity index (χ3v) is 17.3. The number of esters is 1. The van der Waals surface area contributed by atoms with Gasteiger partial charge in [-0.3, -0.25) is 0 Å². The molecule has 1 aromatic carbocycles. The highest BCUT2D eigenvalue weighted by molar-refractivity contribution is 6.74. The van der Waals surface area contributed by atoms with Crippen molar-refractivity contribution in [3.05, 3.63) is 47.2 Å². The molecule has 0 radical (unpaired) electrons. The number of ether oxygens (including phenoxy) is 3. The Kier molecular flexibility index (Phi) is 9.73. The first kappa shape index (κ1) is 31.8. The maximum Gasteiger partial charge on any atom is 0.337 e. The van der Waals surface area contributed by atoms with Crippen LogP contribution in [0.1, 0.15) is 54.0 Å². The molecule has 1 aliphatic rings. The second-order valence-corrected chi connectivity index (χ2v) is 22.9. The molecule has 0 spiro atoms. The topological polar surface area (TPSA) is 63.2 Å².